The number of hydrogen-bond acceptors (Lipinski definition) is 3. The van der Waals surface area contributed by atoms with E-state index in [4.69, 9.17) is 4.74 Å². The third kappa shape index (κ3) is 6.72. The van der Waals surface area contributed by atoms with Gasteiger partial charge in [0.2, 0.25) is 0 Å². The Balaban J connectivity index is 2.89. The molecule has 0 saturated carbocycles. The second-order valence-corrected chi connectivity index (χ2v) is 6.50. The molecule has 148 valence electrons. The number of ether oxygens (including phenoxy) is 1. The molecule has 27 heavy (non-hydrogen) atoms. The van der Waals surface area contributed by atoms with Crippen molar-refractivity contribution in [1.29, 1.82) is 5.26 Å². The van der Waals surface area contributed by atoms with Crippen molar-refractivity contribution in [2.75, 3.05) is 13.2 Å². The molecule has 1 unspecified atom stereocenters. The fourth-order valence-electron chi connectivity index (χ4n) is 2.44. The van der Waals surface area contributed by atoms with E-state index in [-0.39, 0.29) is 25.0 Å². The third-order valence-corrected chi connectivity index (χ3v) is 4.15. The third-order valence-electron chi connectivity index (χ3n) is 4.15. The second-order valence-electron chi connectivity index (χ2n) is 6.50. The molecule has 0 aliphatic heterocycles. The maximum Gasteiger partial charge on any atom is 0.412 e. The van der Waals surface area contributed by atoms with Crippen molar-refractivity contribution < 1.29 is 22.7 Å². The average molecular weight is 382 g/mol. The van der Waals surface area contributed by atoms with Crippen LogP contribution in [0, 0.1) is 17.2 Å². The highest BCUT2D eigenvalue weighted by Gasteiger charge is 2.31. The normalized spacial score (nSPS) is 13.4. The molecule has 0 radical (unpaired) electrons. The van der Waals surface area contributed by atoms with Gasteiger partial charge < -0.3 is 9.64 Å². The standard InChI is InChI=1S/C20H25F3N2O2/c1-5-25(13-17-9-7-6-8-16(17)12-24)19(26)18(14(2)3)27-11-10-15(4)20(21,22)23/h6-10,14,18H,5,11,13H2,1-4H3/b15-10+. The number of likely N-dealkylation sites (N-methyl/N-ethyl adjacent to an activating group) is 1. The molecular formula is C20H25F3N2O2. The Labute approximate surface area is 158 Å². The van der Waals surface area contributed by atoms with Gasteiger partial charge in [0.25, 0.3) is 5.91 Å². The lowest BCUT2D eigenvalue weighted by molar-refractivity contribution is -0.146. The van der Waals surface area contributed by atoms with Gasteiger partial charge in [-0.1, -0.05) is 38.1 Å². The second kappa shape index (κ2) is 10.1. The average Bonchev–Trinajstić information content (AvgIpc) is 2.61. The quantitative estimate of drug-likeness (QED) is 0.624. The molecule has 1 aromatic rings. The Morgan fingerprint density at radius 2 is 1.96 bits per heavy atom. The van der Waals surface area contributed by atoms with Crippen LogP contribution in [-0.2, 0) is 16.1 Å². The highest BCUT2D eigenvalue weighted by atomic mass is 19.4. The molecule has 0 fully saturated rings. The van der Waals surface area contributed by atoms with Crippen molar-refractivity contribution in [3.63, 3.8) is 0 Å². The topological polar surface area (TPSA) is 53.3 Å². The first-order chi connectivity index (χ1) is 12.6. The van der Waals surface area contributed by atoms with E-state index in [1.54, 1.807) is 49.9 Å². The molecular weight excluding hydrogens is 357 g/mol. The summed E-state index contributed by atoms with van der Waals surface area (Å²) in [6, 6.07) is 9.07. The number of nitrogens with zero attached hydrogens (tertiary/aromatic N) is 2. The van der Waals surface area contributed by atoms with Crippen molar-refractivity contribution in [2.45, 2.75) is 46.5 Å². The van der Waals surface area contributed by atoms with E-state index in [2.05, 4.69) is 6.07 Å². The van der Waals surface area contributed by atoms with Crippen LogP contribution >= 0.6 is 0 Å². The summed E-state index contributed by atoms with van der Waals surface area (Å²) in [4.78, 5) is 14.4. The van der Waals surface area contributed by atoms with Crippen molar-refractivity contribution in [3.05, 3.63) is 47.0 Å². The van der Waals surface area contributed by atoms with Crippen LogP contribution in [0.2, 0.25) is 0 Å². The summed E-state index contributed by atoms with van der Waals surface area (Å²) in [6.07, 6.45) is -4.34. The highest BCUT2D eigenvalue weighted by molar-refractivity contribution is 5.81. The number of benzene rings is 1. The first-order valence-corrected chi connectivity index (χ1v) is 8.74. The van der Waals surface area contributed by atoms with Gasteiger partial charge in [0.05, 0.1) is 18.2 Å². The Morgan fingerprint density at radius 3 is 2.48 bits per heavy atom. The summed E-state index contributed by atoms with van der Waals surface area (Å²) in [5, 5.41) is 9.20. The molecule has 7 heteroatoms. The summed E-state index contributed by atoms with van der Waals surface area (Å²) in [5.74, 6) is -0.518. The summed E-state index contributed by atoms with van der Waals surface area (Å²) in [7, 11) is 0. The van der Waals surface area contributed by atoms with Gasteiger partial charge in [-0.05, 0) is 31.4 Å². The Bertz CT molecular complexity index is 706. The Hall–Kier alpha value is -2.33. The zero-order valence-corrected chi connectivity index (χ0v) is 16.0. The molecule has 1 atom stereocenters. The minimum Gasteiger partial charge on any atom is -0.364 e. The van der Waals surface area contributed by atoms with Crippen molar-refractivity contribution in [1.82, 2.24) is 4.90 Å². The maximum atomic E-state index is 12.9. The van der Waals surface area contributed by atoms with Crippen LogP contribution < -0.4 is 0 Å². The van der Waals surface area contributed by atoms with E-state index >= 15 is 0 Å². The van der Waals surface area contributed by atoms with E-state index in [0.717, 1.165) is 13.0 Å². The molecule has 0 bridgehead atoms. The molecule has 0 heterocycles. The largest absolute Gasteiger partial charge is 0.412 e. The summed E-state index contributed by atoms with van der Waals surface area (Å²) < 4.78 is 43.2. The van der Waals surface area contributed by atoms with Gasteiger partial charge in [-0.3, -0.25) is 4.79 Å². The van der Waals surface area contributed by atoms with Gasteiger partial charge in [0, 0.05) is 18.7 Å². The molecule has 0 saturated heterocycles. The molecule has 0 spiro atoms. The monoisotopic (exact) mass is 382 g/mol. The summed E-state index contributed by atoms with van der Waals surface area (Å²) in [6.45, 7) is 6.66. The van der Waals surface area contributed by atoms with E-state index in [1.807, 2.05) is 0 Å². The number of nitriles is 1. The van der Waals surface area contributed by atoms with Crippen LogP contribution in [-0.4, -0.2) is 36.2 Å². The van der Waals surface area contributed by atoms with Gasteiger partial charge in [-0.25, -0.2) is 0 Å². The zero-order chi connectivity index (χ0) is 20.6. The molecule has 1 amide bonds. The smallest absolute Gasteiger partial charge is 0.364 e. The predicted molar refractivity (Wildman–Crippen MR) is 96.6 cm³/mol. The molecule has 0 aliphatic rings. The number of allylic oxidation sites excluding steroid dienone is 1. The Morgan fingerprint density at radius 1 is 1.33 bits per heavy atom. The minimum absolute atomic E-state index is 0.211. The SMILES string of the molecule is CCN(Cc1ccccc1C#N)C(=O)C(OC/C=C(\C)C(F)(F)F)C(C)C. The highest BCUT2D eigenvalue weighted by Crippen LogP contribution is 2.24. The lowest BCUT2D eigenvalue weighted by Crippen LogP contribution is -2.42. The summed E-state index contributed by atoms with van der Waals surface area (Å²) >= 11 is 0. The number of amides is 1. The maximum absolute atomic E-state index is 12.9. The summed E-state index contributed by atoms with van der Waals surface area (Å²) in [5.41, 5.74) is 0.438. The number of carbonyl (C=O) groups excluding carboxylic acids is 1. The first-order valence-electron chi connectivity index (χ1n) is 8.74. The fourth-order valence-corrected chi connectivity index (χ4v) is 2.44. The first kappa shape index (κ1) is 22.7. The van der Waals surface area contributed by atoms with Gasteiger partial charge in [0.1, 0.15) is 6.10 Å². The zero-order valence-electron chi connectivity index (χ0n) is 16.0. The van der Waals surface area contributed by atoms with Crippen molar-refractivity contribution >= 4 is 5.91 Å². The number of halogens is 3. The van der Waals surface area contributed by atoms with Gasteiger partial charge >= 0.3 is 6.18 Å². The number of hydrogen-bond donors (Lipinski definition) is 0. The van der Waals surface area contributed by atoms with Crippen LogP contribution in [0.1, 0.15) is 38.8 Å². The molecule has 0 aliphatic carbocycles. The predicted octanol–water partition coefficient (Wildman–Crippen LogP) is 4.46. The van der Waals surface area contributed by atoms with Crippen LogP contribution in [0.15, 0.2) is 35.9 Å². The van der Waals surface area contributed by atoms with Crippen LogP contribution in [0.5, 0.6) is 0 Å². The van der Waals surface area contributed by atoms with E-state index in [1.165, 1.54) is 0 Å². The lowest BCUT2D eigenvalue weighted by Gasteiger charge is -2.28. The fraction of sp³-hybridized carbons (Fsp3) is 0.500. The van der Waals surface area contributed by atoms with Gasteiger partial charge in [-0.15, -0.1) is 0 Å². The van der Waals surface area contributed by atoms with Crippen LogP contribution in [0.25, 0.3) is 0 Å². The van der Waals surface area contributed by atoms with E-state index in [9.17, 15) is 23.2 Å². The molecule has 4 nitrogen and oxygen atoms in total. The lowest BCUT2D eigenvalue weighted by atomic mass is 10.0. The Kier molecular flexibility index (Phi) is 8.51. The van der Waals surface area contributed by atoms with E-state index in [0.29, 0.717) is 17.7 Å². The van der Waals surface area contributed by atoms with Crippen molar-refractivity contribution in [3.8, 4) is 6.07 Å². The molecule has 1 rings (SSSR count). The number of carbonyl (C=O) groups is 1. The number of alkyl halides is 3. The molecule has 0 N–H and O–H groups in total. The van der Waals surface area contributed by atoms with E-state index < -0.39 is 17.9 Å². The van der Waals surface area contributed by atoms with Crippen LogP contribution in [0.3, 0.4) is 0 Å². The van der Waals surface area contributed by atoms with Gasteiger partial charge in [-0.2, -0.15) is 18.4 Å². The molecule has 1 aromatic carbocycles. The minimum atomic E-state index is -4.41. The van der Waals surface area contributed by atoms with Crippen LogP contribution in [0.4, 0.5) is 13.2 Å². The van der Waals surface area contributed by atoms with Crippen molar-refractivity contribution in [2.24, 2.45) is 5.92 Å². The molecule has 0 aromatic heterocycles. The number of rotatable bonds is 8. The van der Waals surface area contributed by atoms with Gasteiger partial charge in [0.15, 0.2) is 0 Å².